The number of hydrogen-bond acceptors (Lipinski definition) is 4. The quantitative estimate of drug-likeness (QED) is 0.685. The maximum absolute atomic E-state index is 11.2. The summed E-state index contributed by atoms with van der Waals surface area (Å²) in [7, 11) is 0. The molecule has 5 nitrogen and oxygen atoms in total. The third kappa shape index (κ3) is 3.00. The molecule has 1 aromatic rings. The van der Waals surface area contributed by atoms with Crippen LogP contribution in [-0.4, -0.2) is 24.6 Å². The summed E-state index contributed by atoms with van der Waals surface area (Å²) < 4.78 is 0. The van der Waals surface area contributed by atoms with Gasteiger partial charge in [-0.15, -0.1) is 0 Å². The Morgan fingerprint density at radius 1 is 1.45 bits per heavy atom. The minimum absolute atomic E-state index is 0.00951. The molecular weight excluding hydrogens is 301 g/mol. The Labute approximate surface area is 127 Å². The third-order valence-electron chi connectivity index (χ3n) is 3.97. The van der Waals surface area contributed by atoms with E-state index < -0.39 is 4.92 Å². The molecule has 1 aromatic carbocycles. The molecule has 0 radical (unpaired) electrons. The van der Waals surface area contributed by atoms with E-state index in [2.05, 4.69) is 6.92 Å². The number of nitro benzene ring substituents is 1. The van der Waals surface area contributed by atoms with Crippen LogP contribution >= 0.6 is 23.2 Å². The zero-order valence-corrected chi connectivity index (χ0v) is 12.7. The lowest BCUT2D eigenvalue weighted by molar-refractivity contribution is -0.384. The van der Waals surface area contributed by atoms with E-state index in [9.17, 15) is 10.1 Å². The zero-order chi connectivity index (χ0) is 14.9. The molecule has 2 N–H and O–H groups in total. The molecule has 1 aliphatic heterocycles. The normalized spacial score (nSPS) is 22.9. The number of hydrogen-bond donors (Lipinski definition) is 1. The van der Waals surface area contributed by atoms with E-state index in [1.807, 2.05) is 4.90 Å². The average molecular weight is 318 g/mol. The van der Waals surface area contributed by atoms with Crippen LogP contribution in [0.1, 0.15) is 13.3 Å². The van der Waals surface area contributed by atoms with Crippen molar-refractivity contribution in [2.24, 2.45) is 17.6 Å². The number of rotatable bonds is 3. The highest BCUT2D eigenvalue weighted by atomic mass is 35.5. The fraction of sp³-hybridized carbons (Fsp3) is 0.538. The van der Waals surface area contributed by atoms with Gasteiger partial charge >= 0.3 is 0 Å². The van der Waals surface area contributed by atoms with E-state index in [0.717, 1.165) is 13.0 Å². The SMILES string of the molecule is CC1CCN(c2cc(Cl)c(Cl)cc2[N+](=O)[O-])CC1CN. The van der Waals surface area contributed by atoms with Crippen LogP contribution in [0.5, 0.6) is 0 Å². The Balaban J connectivity index is 2.36. The van der Waals surface area contributed by atoms with Gasteiger partial charge in [-0.2, -0.15) is 0 Å². The van der Waals surface area contributed by atoms with Crippen LogP contribution in [0.2, 0.25) is 10.0 Å². The van der Waals surface area contributed by atoms with Gasteiger partial charge in [0.2, 0.25) is 0 Å². The molecule has 2 atom stereocenters. The number of halogens is 2. The van der Waals surface area contributed by atoms with E-state index >= 15 is 0 Å². The van der Waals surface area contributed by atoms with Gasteiger partial charge in [-0.05, 0) is 30.9 Å². The van der Waals surface area contributed by atoms with Crippen LogP contribution in [-0.2, 0) is 0 Å². The van der Waals surface area contributed by atoms with E-state index in [0.29, 0.717) is 35.6 Å². The van der Waals surface area contributed by atoms with Gasteiger partial charge in [0.15, 0.2) is 0 Å². The highest BCUT2D eigenvalue weighted by Gasteiger charge is 2.29. The number of nitro groups is 1. The topological polar surface area (TPSA) is 72.4 Å². The molecule has 1 aliphatic rings. The molecular formula is C13H17Cl2N3O2. The summed E-state index contributed by atoms with van der Waals surface area (Å²) in [6.45, 7) is 4.21. The van der Waals surface area contributed by atoms with Crippen molar-refractivity contribution in [2.75, 3.05) is 24.5 Å². The third-order valence-corrected chi connectivity index (χ3v) is 4.69. The Hall–Kier alpha value is -1.04. The first-order chi connectivity index (χ1) is 9.43. The molecule has 2 unspecified atom stereocenters. The first-order valence-electron chi connectivity index (χ1n) is 6.52. The van der Waals surface area contributed by atoms with Crippen LogP contribution in [0.4, 0.5) is 11.4 Å². The maximum atomic E-state index is 11.2. The Morgan fingerprint density at radius 2 is 2.10 bits per heavy atom. The summed E-state index contributed by atoms with van der Waals surface area (Å²) in [6.07, 6.45) is 0.958. The van der Waals surface area contributed by atoms with Crippen molar-refractivity contribution < 1.29 is 4.92 Å². The predicted octanol–water partition coefficient (Wildman–Crippen LogP) is 3.32. The zero-order valence-electron chi connectivity index (χ0n) is 11.2. The molecule has 7 heteroatoms. The molecule has 0 aromatic heterocycles. The molecule has 110 valence electrons. The van der Waals surface area contributed by atoms with Crippen LogP contribution in [0.3, 0.4) is 0 Å². The Bertz CT molecular complexity index is 525. The number of anilines is 1. The average Bonchev–Trinajstić information content (AvgIpc) is 2.41. The molecule has 1 saturated heterocycles. The monoisotopic (exact) mass is 317 g/mol. The van der Waals surface area contributed by atoms with Gasteiger partial charge in [0.05, 0.1) is 15.0 Å². The van der Waals surface area contributed by atoms with Crippen LogP contribution in [0.25, 0.3) is 0 Å². The lowest BCUT2D eigenvalue weighted by Crippen LogP contribution is -2.42. The van der Waals surface area contributed by atoms with Gasteiger partial charge < -0.3 is 10.6 Å². The Kier molecular flexibility index (Phi) is 4.73. The van der Waals surface area contributed by atoms with Crippen molar-refractivity contribution in [1.29, 1.82) is 0 Å². The summed E-state index contributed by atoms with van der Waals surface area (Å²) in [6, 6.07) is 2.89. The first kappa shape index (κ1) is 15.4. The van der Waals surface area contributed by atoms with Crippen molar-refractivity contribution in [3.63, 3.8) is 0 Å². The molecule has 0 aliphatic carbocycles. The largest absolute Gasteiger partial charge is 0.366 e. The summed E-state index contributed by atoms with van der Waals surface area (Å²) in [5.41, 5.74) is 6.29. The molecule has 0 bridgehead atoms. The Morgan fingerprint density at radius 3 is 2.70 bits per heavy atom. The molecule has 1 heterocycles. The van der Waals surface area contributed by atoms with E-state index in [1.54, 1.807) is 6.07 Å². The highest BCUT2D eigenvalue weighted by molar-refractivity contribution is 6.42. The summed E-state index contributed by atoms with van der Waals surface area (Å²) >= 11 is 11.9. The summed E-state index contributed by atoms with van der Waals surface area (Å²) in [5.74, 6) is 0.857. The van der Waals surface area contributed by atoms with Crippen molar-refractivity contribution in [2.45, 2.75) is 13.3 Å². The standard InChI is InChI=1S/C13H17Cl2N3O2/c1-8-2-3-17(7-9(8)6-16)12-4-10(14)11(15)5-13(12)18(19)20/h4-5,8-9H,2-3,6-7,16H2,1H3. The van der Waals surface area contributed by atoms with Gasteiger partial charge in [0, 0.05) is 19.2 Å². The van der Waals surface area contributed by atoms with Gasteiger partial charge in [-0.3, -0.25) is 10.1 Å². The molecule has 0 spiro atoms. The van der Waals surface area contributed by atoms with E-state index in [1.165, 1.54) is 6.07 Å². The second-order valence-electron chi connectivity index (χ2n) is 5.22. The highest BCUT2D eigenvalue weighted by Crippen LogP contribution is 2.38. The van der Waals surface area contributed by atoms with E-state index in [-0.39, 0.29) is 10.7 Å². The van der Waals surface area contributed by atoms with Crippen molar-refractivity contribution in [3.8, 4) is 0 Å². The fourth-order valence-corrected chi connectivity index (χ4v) is 2.92. The van der Waals surface area contributed by atoms with E-state index in [4.69, 9.17) is 28.9 Å². The van der Waals surface area contributed by atoms with Gasteiger partial charge in [0.25, 0.3) is 5.69 Å². The summed E-state index contributed by atoms with van der Waals surface area (Å²) in [4.78, 5) is 12.8. The maximum Gasteiger partial charge on any atom is 0.294 e. The summed E-state index contributed by atoms with van der Waals surface area (Å²) in [5, 5.41) is 11.7. The minimum atomic E-state index is -0.424. The number of piperidine rings is 1. The minimum Gasteiger partial charge on any atom is -0.366 e. The molecule has 2 rings (SSSR count). The predicted molar refractivity (Wildman–Crippen MR) is 81.7 cm³/mol. The van der Waals surface area contributed by atoms with Crippen molar-refractivity contribution in [3.05, 3.63) is 32.3 Å². The molecule has 0 saturated carbocycles. The van der Waals surface area contributed by atoms with Crippen LogP contribution < -0.4 is 10.6 Å². The van der Waals surface area contributed by atoms with Gasteiger partial charge in [-0.25, -0.2) is 0 Å². The number of nitrogens with zero attached hydrogens (tertiary/aromatic N) is 2. The smallest absolute Gasteiger partial charge is 0.294 e. The lowest BCUT2D eigenvalue weighted by Gasteiger charge is -2.37. The lowest BCUT2D eigenvalue weighted by atomic mass is 9.87. The molecule has 0 amide bonds. The van der Waals surface area contributed by atoms with Crippen LogP contribution in [0, 0.1) is 22.0 Å². The van der Waals surface area contributed by atoms with Gasteiger partial charge in [0.1, 0.15) is 5.69 Å². The number of nitrogens with two attached hydrogens (primary N) is 1. The first-order valence-corrected chi connectivity index (χ1v) is 7.28. The van der Waals surface area contributed by atoms with Crippen molar-refractivity contribution in [1.82, 2.24) is 0 Å². The second kappa shape index (κ2) is 6.16. The number of benzene rings is 1. The van der Waals surface area contributed by atoms with Gasteiger partial charge in [-0.1, -0.05) is 30.1 Å². The fourth-order valence-electron chi connectivity index (χ4n) is 2.60. The molecule has 20 heavy (non-hydrogen) atoms. The second-order valence-corrected chi connectivity index (χ2v) is 6.03. The van der Waals surface area contributed by atoms with Crippen LogP contribution in [0.15, 0.2) is 12.1 Å². The molecule has 1 fully saturated rings. The van der Waals surface area contributed by atoms with Crippen molar-refractivity contribution >= 4 is 34.6 Å².